The van der Waals surface area contributed by atoms with Crippen molar-refractivity contribution in [2.24, 2.45) is 5.73 Å². The van der Waals surface area contributed by atoms with Gasteiger partial charge in [-0.3, -0.25) is 0 Å². The topological polar surface area (TPSA) is 46.2 Å². The van der Waals surface area contributed by atoms with Crippen LogP contribution < -0.4 is 5.73 Å². The fourth-order valence-corrected chi connectivity index (χ4v) is 1.84. The largest absolute Gasteiger partial charge is 0.384 e. The van der Waals surface area contributed by atoms with Gasteiger partial charge in [0.2, 0.25) is 0 Å². The average molecular weight is 221 g/mol. The van der Waals surface area contributed by atoms with Crippen molar-refractivity contribution >= 4 is 0 Å². The van der Waals surface area contributed by atoms with Crippen molar-refractivity contribution in [3.63, 3.8) is 0 Å². The second-order valence-electron chi connectivity index (χ2n) is 5.76. The molecule has 0 spiro atoms. The van der Waals surface area contributed by atoms with Crippen molar-refractivity contribution in [3.8, 4) is 0 Å². The lowest BCUT2D eigenvalue weighted by Gasteiger charge is -2.26. The van der Waals surface area contributed by atoms with Gasteiger partial charge in [-0.1, -0.05) is 39.0 Å². The summed E-state index contributed by atoms with van der Waals surface area (Å²) in [5.41, 5.74) is 8.09. The lowest BCUT2D eigenvalue weighted by Crippen LogP contribution is -2.32. The quantitative estimate of drug-likeness (QED) is 0.806. The maximum absolute atomic E-state index is 10.1. The van der Waals surface area contributed by atoms with Crippen molar-refractivity contribution in [3.05, 3.63) is 34.9 Å². The Morgan fingerprint density at radius 1 is 1.19 bits per heavy atom. The molecule has 0 bridgehead atoms. The molecular weight excluding hydrogens is 198 g/mol. The minimum absolute atomic E-state index is 0.137. The smallest absolute Gasteiger partial charge is 0.0992 e. The molecule has 0 aromatic heterocycles. The highest BCUT2D eigenvalue weighted by Crippen LogP contribution is 2.28. The zero-order chi connectivity index (χ0) is 12.6. The first-order chi connectivity index (χ1) is 7.18. The molecule has 0 aliphatic heterocycles. The SMILES string of the molecule is Cc1cc(C(C)(C)C)ccc1C(C)(O)CN. The predicted octanol–water partition coefficient (Wildman–Crippen LogP) is 2.46. The molecule has 2 heteroatoms. The van der Waals surface area contributed by atoms with Crippen molar-refractivity contribution in [1.82, 2.24) is 0 Å². The lowest BCUT2D eigenvalue weighted by molar-refractivity contribution is 0.0661. The average Bonchev–Trinajstić information content (AvgIpc) is 2.16. The lowest BCUT2D eigenvalue weighted by atomic mass is 9.83. The van der Waals surface area contributed by atoms with E-state index in [1.54, 1.807) is 6.92 Å². The third-order valence-electron chi connectivity index (χ3n) is 3.07. The molecule has 2 nitrogen and oxygen atoms in total. The maximum Gasteiger partial charge on any atom is 0.0992 e. The molecule has 90 valence electrons. The van der Waals surface area contributed by atoms with Gasteiger partial charge in [0.25, 0.3) is 0 Å². The minimum atomic E-state index is -0.930. The zero-order valence-electron chi connectivity index (χ0n) is 11.0. The molecule has 0 saturated carbocycles. The Balaban J connectivity index is 3.20. The number of benzene rings is 1. The van der Waals surface area contributed by atoms with Gasteiger partial charge in [0, 0.05) is 6.54 Å². The standard InChI is InChI=1S/C14H23NO/c1-10-8-11(13(2,3)4)6-7-12(10)14(5,16)9-15/h6-8,16H,9,15H2,1-5H3. The van der Waals surface area contributed by atoms with Crippen molar-refractivity contribution in [1.29, 1.82) is 0 Å². The fraction of sp³-hybridized carbons (Fsp3) is 0.571. The number of aryl methyl sites for hydroxylation is 1. The Bertz CT molecular complexity index is 375. The third kappa shape index (κ3) is 2.63. The van der Waals surface area contributed by atoms with E-state index in [0.29, 0.717) is 0 Å². The summed E-state index contributed by atoms with van der Waals surface area (Å²) in [6.07, 6.45) is 0. The Labute approximate surface area is 98.5 Å². The molecule has 1 rings (SSSR count). The van der Waals surface area contributed by atoms with Gasteiger partial charge in [-0.2, -0.15) is 0 Å². The van der Waals surface area contributed by atoms with Crippen LogP contribution in [0.1, 0.15) is 44.4 Å². The second-order valence-corrected chi connectivity index (χ2v) is 5.76. The molecule has 1 atom stereocenters. The Hall–Kier alpha value is -0.860. The first kappa shape index (κ1) is 13.2. The van der Waals surface area contributed by atoms with Gasteiger partial charge in [0.15, 0.2) is 0 Å². The van der Waals surface area contributed by atoms with Crippen molar-refractivity contribution < 1.29 is 5.11 Å². The summed E-state index contributed by atoms with van der Waals surface area (Å²) in [4.78, 5) is 0. The highest BCUT2D eigenvalue weighted by molar-refractivity contribution is 5.37. The van der Waals surface area contributed by atoms with Crippen molar-refractivity contribution in [2.45, 2.75) is 45.6 Å². The number of nitrogens with two attached hydrogens (primary N) is 1. The van der Waals surface area contributed by atoms with Crippen LogP contribution in [-0.2, 0) is 11.0 Å². The molecule has 0 aliphatic rings. The highest BCUT2D eigenvalue weighted by atomic mass is 16.3. The summed E-state index contributed by atoms with van der Waals surface area (Å²) in [6.45, 7) is 10.6. The van der Waals surface area contributed by atoms with Crippen LogP contribution in [0.3, 0.4) is 0 Å². The van der Waals surface area contributed by atoms with Crippen LogP contribution in [0.2, 0.25) is 0 Å². The Morgan fingerprint density at radius 3 is 2.12 bits per heavy atom. The van der Waals surface area contributed by atoms with Crippen LogP contribution in [0.25, 0.3) is 0 Å². The summed E-state index contributed by atoms with van der Waals surface area (Å²) in [7, 11) is 0. The van der Waals surface area contributed by atoms with E-state index in [-0.39, 0.29) is 12.0 Å². The van der Waals surface area contributed by atoms with E-state index >= 15 is 0 Å². The summed E-state index contributed by atoms with van der Waals surface area (Å²) in [6, 6.07) is 6.20. The molecule has 16 heavy (non-hydrogen) atoms. The van der Waals surface area contributed by atoms with Gasteiger partial charge in [-0.25, -0.2) is 0 Å². The maximum atomic E-state index is 10.1. The van der Waals surface area contributed by atoms with Gasteiger partial charge in [-0.05, 0) is 36.0 Å². The van der Waals surface area contributed by atoms with Gasteiger partial charge in [0.1, 0.15) is 0 Å². The first-order valence-electron chi connectivity index (χ1n) is 5.72. The van der Waals surface area contributed by atoms with Crippen LogP contribution in [0, 0.1) is 6.92 Å². The minimum Gasteiger partial charge on any atom is -0.384 e. The van der Waals surface area contributed by atoms with E-state index in [4.69, 9.17) is 5.73 Å². The van der Waals surface area contributed by atoms with Gasteiger partial charge in [-0.15, -0.1) is 0 Å². The van der Waals surface area contributed by atoms with Crippen LogP contribution >= 0.6 is 0 Å². The molecule has 0 fully saturated rings. The molecule has 0 saturated heterocycles. The number of hydrogen-bond acceptors (Lipinski definition) is 2. The molecular formula is C14H23NO. The summed E-state index contributed by atoms with van der Waals surface area (Å²) < 4.78 is 0. The Kier molecular flexibility index (Phi) is 3.46. The molecule has 1 aromatic rings. The van der Waals surface area contributed by atoms with E-state index in [1.165, 1.54) is 5.56 Å². The molecule has 0 aliphatic carbocycles. The van der Waals surface area contributed by atoms with E-state index in [0.717, 1.165) is 11.1 Å². The molecule has 1 aromatic carbocycles. The summed E-state index contributed by atoms with van der Waals surface area (Å²) in [5, 5.41) is 10.1. The van der Waals surface area contributed by atoms with Crippen LogP contribution in [0.15, 0.2) is 18.2 Å². The molecule has 0 radical (unpaired) electrons. The Morgan fingerprint density at radius 2 is 1.75 bits per heavy atom. The summed E-state index contributed by atoms with van der Waals surface area (Å²) >= 11 is 0. The van der Waals surface area contributed by atoms with E-state index in [9.17, 15) is 5.11 Å². The van der Waals surface area contributed by atoms with E-state index in [1.807, 2.05) is 13.0 Å². The zero-order valence-corrected chi connectivity index (χ0v) is 11.0. The third-order valence-corrected chi connectivity index (χ3v) is 3.07. The summed E-state index contributed by atoms with van der Waals surface area (Å²) in [5.74, 6) is 0. The van der Waals surface area contributed by atoms with E-state index in [2.05, 4.69) is 32.9 Å². The first-order valence-corrected chi connectivity index (χ1v) is 5.72. The van der Waals surface area contributed by atoms with Gasteiger partial charge < -0.3 is 10.8 Å². The van der Waals surface area contributed by atoms with Crippen LogP contribution in [0.5, 0.6) is 0 Å². The number of rotatable bonds is 2. The molecule has 1 unspecified atom stereocenters. The van der Waals surface area contributed by atoms with Crippen molar-refractivity contribution in [2.75, 3.05) is 6.54 Å². The second kappa shape index (κ2) is 4.19. The van der Waals surface area contributed by atoms with Crippen LogP contribution in [0.4, 0.5) is 0 Å². The molecule has 0 amide bonds. The molecule has 0 heterocycles. The van der Waals surface area contributed by atoms with E-state index < -0.39 is 5.60 Å². The number of aliphatic hydroxyl groups is 1. The molecule has 3 N–H and O–H groups in total. The van der Waals surface area contributed by atoms with Crippen LogP contribution in [-0.4, -0.2) is 11.7 Å². The van der Waals surface area contributed by atoms with Gasteiger partial charge in [0.05, 0.1) is 5.60 Å². The normalized spacial score (nSPS) is 15.9. The predicted molar refractivity (Wildman–Crippen MR) is 68.5 cm³/mol. The monoisotopic (exact) mass is 221 g/mol. The highest BCUT2D eigenvalue weighted by Gasteiger charge is 2.24. The van der Waals surface area contributed by atoms with Gasteiger partial charge >= 0.3 is 0 Å². The fourth-order valence-electron chi connectivity index (χ4n) is 1.84. The number of hydrogen-bond donors (Lipinski definition) is 2.